The van der Waals surface area contributed by atoms with Crippen LogP contribution in [0.25, 0.3) is 0 Å². The van der Waals surface area contributed by atoms with Crippen LogP contribution in [0, 0.1) is 35.7 Å². The summed E-state index contributed by atoms with van der Waals surface area (Å²) in [4.78, 5) is 20.1. The highest BCUT2D eigenvalue weighted by atomic mass is 35.5. The number of benzene rings is 2. The molecule has 2 aliphatic rings. The van der Waals surface area contributed by atoms with Crippen molar-refractivity contribution in [3.05, 3.63) is 81.3 Å². The number of ether oxygens (including phenoxy) is 1. The molecule has 41 heavy (non-hydrogen) atoms. The number of rotatable bonds is 4. The lowest BCUT2D eigenvalue weighted by molar-refractivity contribution is 0.0104. The maximum atomic E-state index is 15.5. The second-order valence-electron chi connectivity index (χ2n) is 11.6. The normalized spacial score (nSPS) is 18.5. The van der Waals surface area contributed by atoms with Gasteiger partial charge in [0.15, 0.2) is 0 Å². The van der Waals surface area contributed by atoms with Gasteiger partial charge in [-0.05, 0) is 57.9 Å². The Morgan fingerprint density at radius 2 is 1.90 bits per heavy atom. The van der Waals surface area contributed by atoms with Crippen molar-refractivity contribution in [1.29, 1.82) is 5.26 Å². The number of hydrogen-bond donors (Lipinski definition) is 1. The third-order valence-corrected chi connectivity index (χ3v) is 7.78. The van der Waals surface area contributed by atoms with Crippen molar-refractivity contribution in [3.63, 3.8) is 0 Å². The molecule has 2 aromatic carbocycles. The zero-order valence-electron chi connectivity index (χ0n) is 23.3. The number of amides is 1. The molecule has 0 aliphatic carbocycles. The van der Waals surface area contributed by atoms with Gasteiger partial charge in [-0.25, -0.2) is 22.9 Å². The Labute approximate surface area is 241 Å². The number of likely N-dealkylation sites (tertiary alicyclic amines) is 1. The van der Waals surface area contributed by atoms with Gasteiger partial charge in [-0.2, -0.15) is 5.26 Å². The Kier molecular flexibility index (Phi) is 7.06. The van der Waals surface area contributed by atoms with E-state index in [1.165, 1.54) is 12.3 Å². The molecule has 11 heteroatoms. The minimum absolute atomic E-state index is 0.0546. The van der Waals surface area contributed by atoms with Crippen LogP contribution in [0.3, 0.4) is 0 Å². The number of nitriles is 1. The van der Waals surface area contributed by atoms with Crippen LogP contribution in [0.1, 0.15) is 49.9 Å². The number of pyridine rings is 1. The molecule has 0 unspecified atom stereocenters. The van der Waals surface area contributed by atoms with Crippen LogP contribution in [-0.4, -0.2) is 47.3 Å². The SMILES string of the molecule is Cc1c(NC2CN(C(=O)OC(C)(C)C)C2)ncc2c1[C@@](C)(c1cccc(Cl)c1F)CN2c1cc(F)c(C#N)cc1F. The molecule has 214 valence electrons. The third-order valence-electron chi connectivity index (χ3n) is 7.49. The molecule has 7 nitrogen and oxygen atoms in total. The van der Waals surface area contributed by atoms with Crippen LogP contribution in [0.2, 0.25) is 5.02 Å². The Bertz CT molecular complexity index is 1600. The number of carbonyl (C=O) groups is 1. The molecule has 0 spiro atoms. The Morgan fingerprint density at radius 3 is 2.56 bits per heavy atom. The summed E-state index contributed by atoms with van der Waals surface area (Å²) in [5, 5.41) is 12.4. The average molecular weight is 584 g/mol. The molecule has 3 aromatic rings. The van der Waals surface area contributed by atoms with Gasteiger partial charge in [-0.3, -0.25) is 0 Å². The molecular formula is C30H29ClF3N5O2. The third kappa shape index (κ3) is 5.04. The highest BCUT2D eigenvalue weighted by Gasteiger charge is 2.46. The van der Waals surface area contributed by atoms with E-state index < -0.39 is 40.1 Å². The minimum atomic E-state index is -1.03. The Morgan fingerprint density at radius 1 is 1.20 bits per heavy atom. The first-order valence-electron chi connectivity index (χ1n) is 13.1. The molecule has 1 fully saturated rings. The van der Waals surface area contributed by atoms with Crippen molar-refractivity contribution in [1.82, 2.24) is 9.88 Å². The van der Waals surface area contributed by atoms with E-state index in [9.17, 15) is 9.18 Å². The summed E-state index contributed by atoms with van der Waals surface area (Å²) in [5.74, 6) is -1.73. The van der Waals surface area contributed by atoms with E-state index in [2.05, 4.69) is 10.3 Å². The lowest BCUT2D eigenvalue weighted by Gasteiger charge is -2.40. The lowest BCUT2D eigenvalue weighted by Crippen LogP contribution is -2.58. The van der Waals surface area contributed by atoms with Crippen LogP contribution in [-0.2, 0) is 10.2 Å². The van der Waals surface area contributed by atoms with Crippen molar-refractivity contribution >= 4 is 34.9 Å². The Hall–Kier alpha value is -3.97. The molecule has 1 amide bonds. The molecule has 0 radical (unpaired) electrons. The minimum Gasteiger partial charge on any atom is -0.444 e. The van der Waals surface area contributed by atoms with E-state index in [1.807, 2.05) is 13.8 Å². The standard InChI is InChI=1S/C30H29ClF3N5O2/c1-16-25-24(12-36-27(16)37-18-13-38(14-18)28(40)41-29(2,3)4)39(23-10-21(32)17(11-35)9-22(23)33)15-30(25,5)19-7-6-8-20(31)26(19)34/h6-10,12,18H,13-15H2,1-5H3,(H,36,37)/t30-/m1/s1. The highest BCUT2D eigenvalue weighted by Crippen LogP contribution is 2.51. The van der Waals surface area contributed by atoms with Gasteiger partial charge in [0, 0.05) is 36.7 Å². The van der Waals surface area contributed by atoms with Gasteiger partial charge in [-0.15, -0.1) is 0 Å². The predicted molar refractivity (Wildman–Crippen MR) is 150 cm³/mol. The van der Waals surface area contributed by atoms with E-state index in [1.54, 1.807) is 48.8 Å². The van der Waals surface area contributed by atoms with Gasteiger partial charge in [0.05, 0.1) is 34.2 Å². The molecule has 1 atom stereocenters. The van der Waals surface area contributed by atoms with Gasteiger partial charge in [0.2, 0.25) is 0 Å². The van der Waals surface area contributed by atoms with Crippen molar-refractivity contribution in [2.75, 3.05) is 29.9 Å². The first kappa shape index (κ1) is 28.6. The molecule has 0 saturated carbocycles. The second-order valence-corrected chi connectivity index (χ2v) is 12.0. The average Bonchev–Trinajstić information content (AvgIpc) is 3.17. The van der Waals surface area contributed by atoms with Crippen LogP contribution in [0.5, 0.6) is 0 Å². The number of aromatic nitrogens is 1. The summed E-state index contributed by atoms with van der Waals surface area (Å²) in [7, 11) is 0. The van der Waals surface area contributed by atoms with Crippen LogP contribution >= 0.6 is 11.6 Å². The summed E-state index contributed by atoms with van der Waals surface area (Å²) in [5.41, 5.74) is -0.0121. The van der Waals surface area contributed by atoms with Crippen molar-refractivity contribution in [2.24, 2.45) is 0 Å². The number of halogens is 4. The highest BCUT2D eigenvalue weighted by molar-refractivity contribution is 6.30. The van der Waals surface area contributed by atoms with Gasteiger partial charge in [0.25, 0.3) is 0 Å². The number of anilines is 3. The molecule has 2 aliphatic heterocycles. The smallest absolute Gasteiger partial charge is 0.410 e. The lowest BCUT2D eigenvalue weighted by atomic mass is 9.76. The molecule has 3 heterocycles. The van der Waals surface area contributed by atoms with E-state index in [-0.39, 0.29) is 23.3 Å². The van der Waals surface area contributed by atoms with Crippen molar-refractivity contribution in [3.8, 4) is 6.07 Å². The summed E-state index contributed by atoms with van der Waals surface area (Å²) in [6.45, 7) is 9.95. The van der Waals surface area contributed by atoms with Crippen molar-refractivity contribution < 1.29 is 22.7 Å². The summed E-state index contributed by atoms with van der Waals surface area (Å²) < 4.78 is 50.8. The van der Waals surface area contributed by atoms with Crippen LogP contribution in [0.4, 0.5) is 35.2 Å². The maximum absolute atomic E-state index is 15.5. The maximum Gasteiger partial charge on any atom is 0.410 e. The van der Waals surface area contributed by atoms with Crippen molar-refractivity contribution in [2.45, 2.75) is 51.7 Å². The summed E-state index contributed by atoms with van der Waals surface area (Å²) >= 11 is 6.16. The molecule has 1 saturated heterocycles. The molecular weight excluding hydrogens is 555 g/mol. The zero-order chi connectivity index (χ0) is 29.9. The van der Waals surface area contributed by atoms with Crippen LogP contribution < -0.4 is 10.2 Å². The first-order chi connectivity index (χ1) is 19.2. The number of fused-ring (bicyclic) bond motifs is 1. The number of nitrogens with zero attached hydrogens (tertiary/aromatic N) is 4. The second kappa shape index (κ2) is 10.1. The van der Waals surface area contributed by atoms with Gasteiger partial charge in [-0.1, -0.05) is 23.7 Å². The quantitative estimate of drug-likeness (QED) is 0.363. The molecule has 1 aromatic heterocycles. The number of carbonyl (C=O) groups excluding carboxylic acids is 1. The summed E-state index contributed by atoms with van der Waals surface area (Å²) in [6, 6.07) is 8.09. The molecule has 1 N–H and O–H groups in total. The molecule has 0 bridgehead atoms. The fourth-order valence-electron chi connectivity index (χ4n) is 5.56. The topological polar surface area (TPSA) is 81.5 Å². The van der Waals surface area contributed by atoms with E-state index >= 15 is 8.78 Å². The predicted octanol–water partition coefficient (Wildman–Crippen LogP) is 6.82. The number of hydrogen-bond acceptors (Lipinski definition) is 6. The van der Waals surface area contributed by atoms with E-state index in [4.69, 9.17) is 21.6 Å². The zero-order valence-corrected chi connectivity index (χ0v) is 24.0. The van der Waals surface area contributed by atoms with Gasteiger partial charge in [0.1, 0.15) is 34.9 Å². The van der Waals surface area contributed by atoms with E-state index in [0.29, 0.717) is 41.3 Å². The van der Waals surface area contributed by atoms with Gasteiger partial charge >= 0.3 is 6.09 Å². The first-order valence-corrected chi connectivity index (χ1v) is 13.5. The van der Waals surface area contributed by atoms with Gasteiger partial charge < -0.3 is 19.9 Å². The van der Waals surface area contributed by atoms with E-state index in [0.717, 1.165) is 12.1 Å². The fraction of sp³-hybridized carbons (Fsp3) is 0.367. The fourth-order valence-corrected chi connectivity index (χ4v) is 5.73. The Balaban J connectivity index is 1.54. The van der Waals surface area contributed by atoms with Crippen LogP contribution in [0.15, 0.2) is 36.5 Å². The number of nitrogens with one attached hydrogen (secondary N) is 1. The monoisotopic (exact) mass is 583 g/mol. The largest absolute Gasteiger partial charge is 0.444 e. The molecule has 5 rings (SSSR count). The summed E-state index contributed by atoms with van der Waals surface area (Å²) in [6.07, 6.45) is 1.14.